The zero-order valence-electron chi connectivity index (χ0n) is 17.8. The highest BCUT2D eigenvalue weighted by Crippen LogP contribution is 2.30. The monoisotopic (exact) mass is 455 g/mol. The molecule has 0 spiro atoms. The van der Waals surface area contributed by atoms with Crippen LogP contribution in [0.4, 0.5) is 4.39 Å². The molecule has 164 valence electrons. The number of aromatic amines is 1. The molecule has 6 heteroatoms. The third-order valence-corrected chi connectivity index (χ3v) is 6.63. The van der Waals surface area contributed by atoms with Crippen molar-refractivity contribution in [2.24, 2.45) is 0 Å². The largest absolute Gasteiger partial charge is 0.361 e. The van der Waals surface area contributed by atoms with E-state index >= 15 is 0 Å². The van der Waals surface area contributed by atoms with Crippen molar-refractivity contribution in [2.45, 2.75) is 12.3 Å². The number of fused-ring (bicyclic) bond motifs is 1. The van der Waals surface area contributed by atoms with Gasteiger partial charge in [0.1, 0.15) is 10.8 Å². The molecule has 0 aliphatic carbocycles. The lowest BCUT2D eigenvalue weighted by molar-refractivity contribution is -0.120. The van der Waals surface area contributed by atoms with Crippen molar-refractivity contribution in [1.29, 1.82) is 0 Å². The number of nitrogens with zero attached hydrogens (tertiary/aromatic N) is 1. The summed E-state index contributed by atoms with van der Waals surface area (Å²) in [5.74, 6) is -0.332. The maximum atomic E-state index is 13.2. The smallest absolute Gasteiger partial charge is 0.226 e. The summed E-state index contributed by atoms with van der Waals surface area (Å²) < 4.78 is 13.2. The number of hydrogen-bond acceptors (Lipinski definition) is 3. The molecular formula is C27H22FN3OS. The molecule has 2 aromatic heterocycles. The van der Waals surface area contributed by atoms with Crippen LogP contribution in [0.25, 0.3) is 21.5 Å². The first-order valence-electron chi connectivity index (χ1n) is 10.8. The van der Waals surface area contributed by atoms with Gasteiger partial charge in [-0.2, -0.15) is 0 Å². The van der Waals surface area contributed by atoms with E-state index in [1.807, 2.05) is 41.9 Å². The first-order chi connectivity index (χ1) is 16.2. The molecule has 0 saturated carbocycles. The van der Waals surface area contributed by atoms with Crippen molar-refractivity contribution in [2.75, 3.05) is 6.54 Å². The zero-order chi connectivity index (χ0) is 22.6. The Morgan fingerprint density at radius 1 is 1.00 bits per heavy atom. The number of para-hydroxylation sites is 1. The summed E-state index contributed by atoms with van der Waals surface area (Å²) in [6, 6.07) is 24.6. The van der Waals surface area contributed by atoms with Crippen LogP contribution in [-0.2, 0) is 11.2 Å². The number of halogens is 1. The number of carbonyl (C=O) groups is 1. The fourth-order valence-corrected chi connectivity index (χ4v) is 4.86. The Labute approximate surface area is 195 Å². The molecule has 0 radical (unpaired) electrons. The van der Waals surface area contributed by atoms with Gasteiger partial charge in [-0.25, -0.2) is 9.37 Å². The Balaban J connectivity index is 1.31. The average molecular weight is 456 g/mol. The van der Waals surface area contributed by atoms with Gasteiger partial charge >= 0.3 is 0 Å². The van der Waals surface area contributed by atoms with E-state index in [2.05, 4.69) is 39.6 Å². The molecular weight excluding hydrogens is 433 g/mol. The number of benzene rings is 3. The Kier molecular flexibility index (Phi) is 6.00. The Hall–Kier alpha value is -3.77. The molecule has 0 saturated heterocycles. The van der Waals surface area contributed by atoms with Crippen LogP contribution in [0.5, 0.6) is 0 Å². The minimum absolute atomic E-state index is 0.0245. The van der Waals surface area contributed by atoms with Gasteiger partial charge in [-0.3, -0.25) is 4.79 Å². The van der Waals surface area contributed by atoms with E-state index in [0.29, 0.717) is 12.2 Å². The van der Waals surface area contributed by atoms with Crippen LogP contribution in [-0.4, -0.2) is 22.4 Å². The van der Waals surface area contributed by atoms with Gasteiger partial charge in [0.15, 0.2) is 0 Å². The molecule has 4 nitrogen and oxygen atoms in total. The highest BCUT2D eigenvalue weighted by molar-refractivity contribution is 7.13. The van der Waals surface area contributed by atoms with E-state index in [1.54, 1.807) is 12.1 Å². The molecule has 0 aliphatic rings. The Morgan fingerprint density at radius 2 is 1.76 bits per heavy atom. The van der Waals surface area contributed by atoms with Crippen molar-refractivity contribution in [3.05, 3.63) is 113 Å². The van der Waals surface area contributed by atoms with Crippen LogP contribution in [0.2, 0.25) is 0 Å². The van der Waals surface area contributed by atoms with Gasteiger partial charge in [0, 0.05) is 40.5 Å². The van der Waals surface area contributed by atoms with Crippen LogP contribution >= 0.6 is 11.3 Å². The lowest BCUT2D eigenvalue weighted by atomic mass is 9.91. The molecule has 0 bridgehead atoms. The average Bonchev–Trinajstić information content (AvgIpc) is 3.48. The first kappa shape index (κ1) is 21.1. The summed E-state index contributed by atoms with van der Waals surface area (Å²) in [5, 5.41) is 6.92. The minimum Gasteiger partial charge on any atom is -0.361 e. The number of rotatable bonds is 7. The predicted molar refractivity (Wildman–Crippen MR) is 131 cm³/mol. The molecule has 5 aromatic rings. The summed E-state index contributed by atoms with van der Waals surface area (Å²) in [4.78, 5) is 20.7. The van der Waals surface area contributed by atoms with Gasteiger partial charge in [-0.05, 0) is 41.5 Å². The molecule has 0 fully saturated rings. The number of amides is 1. The van der Waals surface area contributed by atoms with Crippen molar-refractivity contribution < 1.29 is 9.18 Å². The van der Waals surface area contributed by atoms with Crippen molar-refractivity contribution >= 4 is 28.1 Å². The van der Waals surface area contributed by atoms with Crippen molar-refractivity contribution in [1.82, 2.24) is 15.3 Å². The second-order valence-corrected chi connectivity index (χ2v) is 8.74. The molecule has 0 aliphatic heterocycles. The van der Waals surface area contributed by atoms with Crippen LogP contribution in [0.3, 0.4) is 0 Å². The molecule has 1 atom stereocenters. The summed E-state index contributed by atoms with van der Waals surface area (Å²) in [5.41, 5.74) is 4.94. The van der Waals surface area contributed by atoms with E-state index in [0.717, 1.165) is 32.6 Å². The van der Waals surface area contributed by atoms with E-state index < -0.39 is 0 Å². The summed E-state index contributed by atoms with van der Waals surface area (Å²) >= 11 is 1.45. The van der Waals surface area contributed by atoms with Gasteiger partial charge in [0.2, 0.25) is 5.91 Å². The molecule has 0 unspecified atom stereocenters. The van der Waals surface area contributed by atoms with Gasteiger partial charge in [0.25, 0.3) is 0 Å². The highest BCUT2D eigenvalue weighted by atomic mass is 32.1. The van der Waals surface area contributed by atoms with E-state index in [9.17, 15) is 9.18 Å². The van der Waals surface area contributed by atoms with Gasteiger partial charge in [-0.1, -0.05) is 48.5 Å². The lowest BCUT2D eigenvalue weighted by Gasteiger charge is -2.18. The van der Waals surface area contributed by atoms with Crippen molar-refractivity contribution in [3.8, 4) is 10.6 Å². The van der Waals surface area contributed by atoms with E-state index in [-0.39, 0.29) is 24.1 Å². The maximum absolute atomic E-state index is 13.2. The topological polar surface area (TPSA) is 57.8 Å². The Bertz CT molecular complexity index is 1380. The Morgan fingerprint density at radius 3 is 2.58 bits per heavy atom. The fraction of sp³-hybridized carbons (Fsp3) is 0.111. The van der Waals surface area contributed by atoms with Crippen LogP contribution in [0.15, 0.2) is 90.4 Å². The molecule has 2 N–H and O–H groups in total. The lowest BCUT2D eigenvalue weighted by Crippen LogP contribution is -2.30. The zero-order valence-corrected chi connectivity index (χ0v) is 18.6. The predicted octanol–water partition coefficient (Wildman–Crippen LogP) is 5.92. The van der Waals surface area contributed by atoms with Crippen LogP contribution in [0.1, 0.15) is 22.7 Å². The second kappa shape index (κ2) is 9.38. The van der Waals surface area contributed by atoms with Crippen LogP contribution < -0.4 is 5.32 Å². The van der Waals surface area contributed by atoms with E-state index in [4.69, 9.17) is 0 Å². The molecule has 1 amide bonds. The second-order valence-electron chi connectivity index (χ2n) is 7.88. The maximum Gasteiger partial charge on any atom is 0.226 e. The highest BCUT2D eigenvalue weighted by Gasteiger charge is 2.19. The number of H-pyrrole nitrogens is 1. The number of hydrogen-bond donors (Lipinski definition) is 2. The minimum atomic E-state index is -0.280. The normalized spacial score (nSPS) is 12.0. The molecule has 5 rings (SSSR count). The fourth-order valence-electron chi connectivity index (χ4n) is 4.03. The third kappa shape index (κ3) is 4.71. The molecule has 33 heavy (non-hydrogen) atoms. The van der Waals surface area contributed by atoms with Gasteiger partial charge < -0.3 is 10.3 Å². The van der Waals surface area contributed by atoms with Crippen molar-refractivity contribution in [3.63, 3.8) is 0 Å². The SMILES string of the molecule is O=C(Cc1csc(-c2ccc(F)cc2)n1)NC[C@H](c1ccccc1)c1c[nH]c2ccccc12. The third-order valence-electron chi connectivity index (χ3n) is 5.69. The van der Waals surface area contributed by atoms with Gasteiger partial charge in [0.05, 0.1) is 12.1 Å². The van der Waals surface area contributed by atoms with Gasteiger partial charge in [-0.15, -0.1) is 11.3 Å². The number of aromatic nitrogens is 2. The number of carbonyl (C=O) groups excluding carboxylic acids is 1. The summed E-state index contributed by atoms with van der Waals surface area (Å²) in [6.45, 7) is 0.486. The standard InChI is InChI=1S/C27H22FN3OS/c28-20-12-10-19(11-13-20)27-31-21(17-33-27)14-26(32)30-15-23(18-6-2-1-3-7-18)24-16-29-25-9-5-4-8-22(24)25/h1-13,16-17,23,29H,14-15H2,(H,30,32)/t23-/m1/s1. The van der Waals surface area contributed by atoms with Crippen LogP contribution in [0, 0.1) is 5.82 Å². The summed E-state index contributed by atoms with van der Waals surface area (Å²) in [6.07, 6.45) is 2.23. The quantitative estimate of drug-likeness (QED) is 0.320. The van der Waals surface area contributed by atoms with E-state index in [1.165, 1.54) is 23.5 Å². The first-order valence-corrected chi connectivity index (χ1v) is 11.6. The number of thiazole rings is 1. The molecule has 3 aromatic carbocycles. The summed E-state index contributed by atoms with van der Waals surface area (Å²) in [7, 11) is 0. The number of nitrogens with one attached hydrogen (secondary N) is 2. The molecule has 2 heterocycles.